The Labute approximate surface area is 261 Å². The lowest BCUT2D eigenvalue weighted by molar-refractivity contribution is -0.0405. The summed E-state index contributed by atoms with van der Waals surface area (Å²) in [5.74, 6) is 0.568. The molecule has 232 valence electrons. The number of fused-ring (bicyclic) bond motifs is 1. The number of aliphatic hydroxyl groups is 1. The summed E-state index contributed by atoms with van der Waals surface area (Å²) >= 11 is 0. The van der Waals surface area contributed by atoms with E-state index in [1.165, 1.54) is 23.0 Å². The first kappa shape index (κ1) is 31.6. The maximum absolute atomic E-state index is 11.4. The van der Waals surface area contributed by atoms with E-state index < -0.39 is 26.8 Å². The summed E-state index contributed by atoms with van der Waals surface area (Å²) in [6.07, 6.45) is 3.97. The van der Waals surface area contributed by atoms with Crippen molar-refractivity contribution in [2.24, 2.45) is 4.99 Å². The van der Waals surface area contributed by atoms with Crippen LogP contribution in [0, 0.1) is 0 Å². The van der Waals surface area contributed by atoms with E-state index in [0.717, 1.165) is 11.1 Å². The van der Waals surface area contributed by atoms with Gasteiger partial charge in [-0.05, 0) is 21.5 Å². The summed E-state index contributed by atoms with van der Waals surface area (Å²) in [4.78, 5) is 15.5. The molecule has 1 fully saturated rings. The summed E-state index contributed by atoms with van der Waals surface area (Å²) in [5.41, 5.74) is 1.65. The van der Waals surface area contributed by atoms with Crippen LogP contribution in [0.2, 0.25) is 5.04 Å². The third-order valence-corrected chi connectivity index (χ3v) is 13.1. The fourth-order valence-corrected chi connectivity index (χ4v) is 10.7. The second-order valence-electron chi connectivity index (χ2n) is 12.3. The van der Waals surface area contributed by atoms with E-state index >= 15 is 0 Å². The van der Waals surface area contributed by atoms with E-state index in [1.807, 2.05) is 41.8 Å². The standard InChI is InChI=1S/C34H43N5O4Si/c1-7-41-19-18-25-20-28-32(37-24-38(5)6)35-23-36-33(28)39(25)31-21-29(40)30(43-31)22-42-44(34(2,3)4,26-14-10-8-11-15-26)27-16-12-9-13-17-27/h7-17,20,23-24,29-31,40H,1,18-19,21-22H2,2-6H3/t29?,30-,31-/m1/s1. The second-order valence-corrected chi connectivity index (χ2v) is 16.6. The maximum atomic E-state index is 11.4. The molecule has 0 saturated carbocycles. The number of aromatic nitrogens is 3. The van der Waals surface area contributed by atoms with Crippen LogP contribution in [-0.2, 0) is 20.3 Å². The third kappa shape index (κ3) is 6.34. The van der Waals surface area contributed by atoms with E-state index in [9.17, 15) is 5.11 Å². The van der Waals surface area contributed by atoms with Crippen LogP contribution in [0.15, 0.2) is 90.9 Å². The average molecular weight is 614 g/mol. The number of rotatable bonds is 12. The Kier molecular flexibility index (Phi) is 9.64. The number of aliphatic hydroxyl groups excluding tert-OH is 1. The van der Waals surface area contributed by atoms with Crippen LogP contribution >= 0.6 is 0 Å². The second kappa shape index (κ2) is 13.4. The number of hydrogen-bond donors (Lipinski definition) is 1. The largest absolute Gasteiger partial charge is 0.501 e. The number of nitrogens with zero attached hydrogens (tertiary/aromatic N) is 5. The van der Waals surface area contributed by atoms with Crippen LogP contribution in [0.3, 0.4) is 0 Å². The van der Waals surface area contributed by atoms with E-state index in [2.05, 4.69) is 90.8 Å². The first-order chi connectivity index (χ1) is 21.2. The van der Waals surface area contributed by atoms with Crippen molar-refractivity contribution in [1.82, 2.24) is 19.4 Å². The van der Waals surface area contributed by atoms with Crippen molar-refractivity contribution in [2.45, 2.75) is 57.1 Å². The molecule has 0 amide bonds. The zero-order valence-corrected chi connectivity index (χ0v) is 27.3. The zero-order chi connectivity index (χ0) is 31.3. The summed E-state index contributed by atoms with van der Waals surface area (Å²) in [5, 5.41) is 14.4. The molecule has 0 bridgehead atoms. The minimum Gasteiger partial charge on any atom is -0.501 e. The lowest BCUT2D eigenvalue weighted by atomic mass is 10.2. The fourth-order valence-electron chi connectivity index (χ4n) is 6.10. The molecule has 5 rings (SSSR count). The summed E-state index contributed by atoms with van der Waals surface area (Å²) in [6.45, 7) is 11.1. The van der Waals surface area contributed by atoms with Gasteiger partial charge in [0.1, 0.15) is 24.3 Å². The van der Waals surface area contributed by atoms with Gasteiger partial charge in [0.2, 0.25) is 0 Å². The predicted molar refractivity (Wildman–Crippen MR) is 177 cm³/mol. The Morgan fingerprint density at radius 3 is 2.34 bits per heavy atom. The molecular weight excluding hydrogens is 570 g/mol. The van der Waals surface area contributed by atoms with Crippen molar-refractivity contribution in [3.63, 3.8) is 0 Å². The van der Waals surface area contributed by atoms with Gasteiger partial charge in [-0.2, -0.15) is 0 Å². The molecule has 2 aromatic carbocycles. The Bertz CT molecular complexity index is 1530. The molecule has 3 heterocycles. The molecule has 10 heteroatoms. The number of aliphatic imine (C=N–C) groups is 1. The van der Waals surface area contributed by atoms with Crippen LogP contribution < -0.4 is 10.4 Å². The van der Waals surface area contributed by atoms with Gasteiger partial charge in [0.05, 0.1) is 37.3 Å². The summed E-state index contributed by atoms with van der Waals surface area (Å²) < 4.78 is 21.3. The smallest absolute Gasteiger partial charge is 0.261 e. The van der Waals surface area contributed by atoms with Gasteiger partial charge in [0.15, 0.2) is 5.82 Å². The van der Waals surface area contributed by atoms with Gasteiger partial charge in [0, 0.05) is 32.6 Å². The molecule has 2 aromatic heterocycles. The van der Waals surface area contributed by atoms with Crippen molar-refractivity contribution < 1.29 is 19.0 Å². The summed E-state index contributed by atoms with van der Waals surface area (Å²) in [7, 11) is 1.02. The van der Waals surface area contributed by atoms with Gasteiger partial charge in [0.25, 0.3) is 8.32 Å². The lowest BCUT2D eigenvalue weighted by Gasteiger charge is -2.43. The zero-order valence-electron chi connectivity index (χ0n) is 26.3. The summed E-state index contributed by atoms with van der Waals surface area (Å²) in [6, 6.07) is 23.0. The molecule has 44 heavy (non-hydrogen) atoms. The molecule has 0 spiro atoms. The third-order valence-electron chi connectivity index (χ3n) is 8.07. The van der Waals surface area contributed by atoms with E-state index in [1.54, 1.807) is 6.34 Å². The maximum Gasteiger partial charge on any atom is 0.261 e. The van der Waals surface area contributed by atoms with Crippen LogP contribution in [0.4, 0.5) is 5.82 Å². The SMILES string of the molecule is C=COCCc1cc2c(N=CN(C)C)ncnc2n1[C@H]1CC(O)[C@@H](CO[Si](c2ccccc2)(c2ccccc2)C(C)(C)C)O1. The molecule has 1 saturated heterocycles. The van der Waals surface area contributed by atoms with Gasteiger partial charge in [-0.3, -0.25) is 0 Å². The van der Waals surface area contributed by atoms with Gasteiger partial charge in [-0.1, -0.05) is 88.0 Å². The monoisotopic (exact) mass is 613 g/mol. The topological polar surface area (TPSA) is 94.2 Å². The Hall–Kier alpha value is -3.83. The minimum absolute atomic E-state index is 0.186. The van der Waals surface area contributed by atoms with Crippen molar-refractivity contribution in [2.75, 3.05) is 27.3 Å². The molecule has 4 aromatic rings. The highest BCUT2D eigenvalue weighted by atomic mass is 28.4. The van der Waals surface area contributed by atoms with Crippen LogP contribution in [0.1, 0.15) is 39.1 Å². The Morgan fingerprint density at radius 2 is 1.75 bits per heavy atom. The van der Waals surface area contributed by atoms with Gasteiger partial charge in [-0.15, -0.1) is 0 Å². The normalized spacial score (nSPS) is 19.1. The first-order valence-corrected chi connectivity index (χ1v) is 16.9. The lowest BCUT2D eigenvalue weighted by Crippen LogP contribution is -2.67. The van der Waals surface area contributed by atoms with E-state index in [4.69, 9.17) is 13.9 Å². The quantitative estimate of drug-likeness (QED) is 0.0822. The molecule has 1 aliphatic rings. The number of ether oxygens (including phenoxy) is 2. The molecule has 1 aliphatic heterocycles. The van der Waals surface area contributed by atoms with Crippen molar-refractivity contribution >= 4 is 41.9 Å². The van der Waals surface area contributed by atoms with Crippen LogP contribution in [-0.4, -0.2) is 78.7 Å². The highest BCUT2D eigenvalue weighted by Gasteiger charge is 2.51. The van der Waals surface area contributed by atoms with Crippen LogP contribution in [0.5, 0.6) is 0 Å². The van der Waals surface area contributed by atoms with Gasteiger partial charge in [-0.25, -0.2) is 15.0 Å². The molecule has 9 nitrogen and oxygen atoms in total. The molecule has 0 aliphatic carbocycles. The van der Waals surface area contributed by atoms with Gasteiger partial charge >= 0.3 is 0 Å². The molecular formula is C34H43N5O4Si. The van der Waals surface area contributed by atoms with Crippen molar-refractivity contribution in [1.29, 1.82) is 0 Å². The highest BCUT2D eigenvalue weighted by Crippen LogP contribution is 2.39. The van der Waals surface area contributed by atoms with Gasteiger partial charge < -0.3 is 28.5 Å². The molecule has 1 unspecified atom stereocenters. The Morgan fingerprint density at radius 1 is 1.09 bits per heavy atom. The molecule has 3 atom stereocenters. The minimum atomic E-state index is -2.80. The predicted octanol–water partition coefficient (Wildman–Crippen LogP) is 4.58. The van der Waals surface area contributed by atoms with E-state index in [0.29, 0.717) is 30.9 Å². The average Bonchev–Trinajstić information content (AvgIpc) is 3.56. The molecule has 0 radical (unpaired) electrons. The highest BCUT2D eigenvalue weighted by molar-refractivity contribution is 6.99. The molecule has 1 N–H and O–H groups in total. The van der Waals surface area contributed by atoms with Crippen LogP contribution in [0.25, 0.3) is 11.0 Å². The number of benzene rings is 2. The van der Waals surface area contributed by atoms with Crippen molar-refractivity contribution in [3.8, 4) is 0 Å². The number of hydrogen-bond acceptors (Lipinski definition) is 7. The first-order valence-electron chi connectivity index (χ1n) is 15.0. The Balaban J connectivity index is 1.48. The van der Waals surface area contributed by atoms with E-state index in [-0.39, 0.29) is 11.6 Å². The fraction of sp³-hybridized carbons (Fsp3) is 0.382. The van der Waals surface area contributed by atoms with Crippen molar-refractivity contribution in [3.05, 3.63) is 91.6 Å².